The van der Waals surface area contributed by atoms with Gasteiger partial charge in [0.15, 0.2) is 6.10 Å². The average Bonchev–Trinajstić information content (AvgIpc) is 2.19. The van der Waals surface area contributed by atoms with Crippen LogP contribution in [0.5, 0.6) is 0 Å². The van der Waals surface area contributed by atoms with Crippen molar-refractivity contribution in [2.45, 2.75) is 283 Å². The number of phosphoric ester groups is 2. The van der Waals surface area contributed by atoms with Crippen LogP contribution in [-0.4, -0.2) is 95.9 Å². The summed E-state index contributed by atoms with van der Waals surface area (Å²) in [5, 5.41) is 20.6. The number of allylic oxidation sites excluding steroid dienone is 28. The molecule has 0 saturated carbocycles. The van der Waals surface area contributed by atoms with E-state index in [1.807, 2.05) is 0 Å². The van der Waals surface area contributed by atoms with E-state index in [9.17, 15) is 43.5 Å². The molecule has 18 heteroatoms. The van der Waals surface area contributed by atoms with E-state index >= 15 is 0 Å². The molecule has 5 atom stereocenters. The molecular weight excluding hydrogens is 1290 g/mol. The second kappa shape index (κ2) is 72.7. The zero-order valence-electron chi connectivity index (χ0n) is 61.1. The summed E-state index contributed by atoms with van der Waals surface area (Å²) in [6.45, 7) is 2.26. The number of unbranched alkanes of at least 4 members (excludes halogenated alkanes) is 18. The lowest BCUT2D eigenvalue weighted by Crippen LogP contribution is -2.30. The molecule has 0 bridgehead atoms. The Morgan fingerprint density at radius 3 is 0.798 bits per heavy atom. The molecule has 0 spiro atoms. The van der Waals surface area contributed by atoms with E-state index in [1.165, 1.54) is 0 Å². The molecule has 0 fully saturated rings. The molecule has 0 aromatic rings. The lowest BCUT2D eigenvalue weighted by Gasteiger charge is -2.21. The number of phosphoric acid groups is 2. The Kier molecular flexibility index (Phi) is 69.0. The zero-order chi connectivity index (χ0) is 72.3. The Bertz CT molecular complexity index is 2480. The highest BCUT2D eigenvalue weighted by atomic mass is 31.2. The first kappa shape index (κ1) is 93.9. The molecule has 0 aromatic heterocycles. The first-order chi connectivity index (χ1) is 48.2. The van der Waals surface area contributed by atoms with Crippen molar-refractivity contribution in [1.29, 1.82) is 0 Å². The van der Waals surface area contributed by atoms with E-state index in [-0.39, 0.29) is 19.3 Å². The molecule has 99 heavy (non-hydrogen) atoms. The Hall–Kier alpha value is -5.09. The molecule has 0 rings (SSSR count). The fourth-order valence-corrected chi connectivity index (χ4v) is 10.9. The largest absolute Gasteiger partial charge is 0.472 e. The highest BCUT2D eigenvalue weighted by Crippen LogP contribution is 2.45. The summed E-state index contributed by atoms with van der Waals surface area (Å²) in [5.41, 5.74) is 0. The first-order valence-corrected chi connectivity index (χ1v) is 40.4. The lowest BCUT2D eigenvalue weighted by atomic mass is 10.1. The Balaban J connectivity index is 4.73. The number of esters is 3. The molecule has 0 amide bonds. The van der Waals surface area contributed by atoms with Crippen LogP contribution in [-0.2, 0) is 55.8 Å². The monoisotopic (exact) mass is 1420 g/mol. The maximum Gasteiger partial charge on any atom is 0.472 e. The van der Waals surface area contributed by atoms with Crippen LogP contribution in [0.2, 0.25) is 0 Å². The van der Waals surface area contributed by atoms with E-state index in [0.717, 1.165) is 205 Å². The SMILES string of the molecule is CC/C=C\C/C=C\C/C=C\C/C=C\C/C=C\C/C=C\CCCCCCC(=O)OCC(O)COP(=O)(O)OCC(O)COP(=O)(O)OCC(COC(=O)CCCCCCCCC/C=C\C/C=C\C/C=C\C/C=C\C/C=C\CC)OC(=O)CCCCCCCCC/C=C\C/C=C\C/C=C\CC. The van der Waals surface area contributed by atoms with Crippen LogP contribution >= 0.6 is 15.6 Å². The number of rotatable bonds is 69. The van der Waals surface area contributed by atoms with Crippen molar-refractivity contribution in [2.75, 3.05) is 39.6 Å². The van der Waals surface area contributed by atoms with Crippen molar-refractivity contribution in [3.63, 3.8) is 0 Å². The summed E-state index contributed by atoms with van der Waals surface area (Å²) in [6.07, 6.45) is 91.0. The van der Waals surface area contributed by atoms with Crippen LogP contribution in [0, 0.1) is 0 Å². The van der Waals surface area contributed by atoms with Gasteiger partial charge in [0.25, 0.3) is 0 Å². The average molecular weight is 1420 g/mol. The van der Waals surface area contributed by atoms with Crippen molar-refractivity contribution in [2.24, 2.45) is 0 Å². The molecule has 4 N–H and O–H groups in total. The number of ether oxygens (including phenoxy) is 3. The third-order valence-electron chi connectivity index (χ3n) is 14.9. The van der Waals surface area contributed by atoms with Crippen molar-refractivity contribution >= 4 is 33.6 Å². The van der Waals surface area contributed by atoms with Crippen molar-refractivity contribution in [3.8, 4) is 0 Å². The summed E-state index contributed by atoms with van der Waals surface area (Å²) in [4.78, 5) is 58.6. The number of carbonyl (C=O) groups is 3. The van der Waals surface area contributed by atoms with Gasteiger partial charge in [-0.2, -0.15) is 0 Å². The molecule has 0 aliphatic carbocycles. The van der Waals surface area contributed by atoms with Crippen LogP contribution < -0.4 is 0 Å². The van der Waals surface area contributed by atoms with Gasteiger partial charge in [-0.1, -0.05) is 268 Å². The van der Waals surface area contributed by atoms with Gasteiger partial charge in [0.2, 0.25) is 0 Å². The predicted molar refractivity (Wildman–Crippen MR) is 408 cm³/mol. The molecule has 0 aromatic carbocycles. The van der Waals surface area contributed by atoms with Gasteiger partial charge >= 0.3 is 33.6 Å². The van der Waals surface area contributed by atoms with Crippen LogP contribution in [0.3, 0.4) is 0 Å². The molecule has 5 unspecified atom stereocenters. The highest BCUT2D eigenvalue weighted by molar-refractivity contribution is 7.47. The van der Waals surface area contributed by atoms with Crippen molar-refractivity contribution in [1.82, 2.24) is 0 Å². The van der Waals surface area contributed by atoms with E-state index in [2.05, 4.69) is 191 Å². The van der Waals surface area contributed by atoms with Gasteiger partial charge in [0, 0.05) is 19.3 Å². The van der Waals surface area contributed by atoms with E-state index in [0.29, 0.717) is 19.3 Å². The summed E-state index contributed by atoms with van der Waals surface area (Å²) >= 11 is 0. The van der Waals surface area contributed by atoms with Crippen molar-refractivity contribution < 1.29 is 75.8 Å². The van der Waals surface area contributed by atoms with Crippen molar-refractivity contribution in [3.05, 3.63) is 170 Å². The minimum Gasteiger partial charge on any atom is -0.463 e. The van der Waals surface area contributed by atoms with E-state index in [4.69, 9.17) is 32.3 Å². The fourth-order valence-electron chi connectivity index (χ4n) is 9.32. The standard InChI is InChI=1S/C81H132O16P2/c1-4-7-10-13-16-19-22-25-28-31-33-35-37-39-41-44-46-49-52-55-58-61-64-67-79(84)91-70-76(82)71-93-98(87,88)94-72-77(83)73-95-99(89,90)96-75-78(97-81(86)69-66-63-60-57-54-51-48-43-30-27-24-21-18-15-12-9-6-3)74-92-80(85)68-65-62-59-56-53-50-47-45-42-40-38-36-34-32-29-26-23-20-17-14-11-8-5-2/h7-12,16-21,25-30,33-36,39-42,46,49,76-78,82-83H,4-6,13-15,22-24,31-32,37-38,43-45,47-48,50-75H2,1-3H3,(H,87,88)(H,89,90)/b10-7-,11-8-,12-9-,19-16-,20-17-,21-18-,28-25-,29-26-,30-27-,35-33-,36-34-,41-39-,42-40-,49-46-. The summed E-state index contributed by atoms with van der Waals surface area (Å²) in [5.74, 6) is -1.63. The van der Waals surface area contributed by atoms with Gasteiger partial charge in [-0.05, 0) is 148 Å². The molecule has 16 nitrogen and oxygen atoms in total. The highest BCUT2D eigenvalue weighted by Gasteiger charge is 2.29. The minimum atomic E-state index is -4.95. The molecule has 0 saturated heterocycles. The number of aliphatic hydroxyl groups is 2. The third-order valence-corrected chi connectivity index (χ3v) is 16.8. The Morgan fingerprint density at radius 2 is 0.505 bits per heavy atom. The second-order valence-electron chi connectivity index (χ2n) is 24.3. The van der Waals surface area contributed by atoms with Gasteiger partial charge in [-0.25, -0.2) is 9.13 Å². The van der Waals surface area contributed by atoms with Crippen LogP contribution in [0.1, 0.15) is 265 Å². The first-order valence-electron chi connectivity index (χ1n) is 37.4. The predicted octanol–water partition coefficient (Wildman–Crippen LogP) is 21.6. The summed E-state index contributed by atoms with van der Waals surface area (Å²) < 4.78 is 61.1. The normalized spacial score (nSPS) is 15.0. The van der Waals surface area contributed by atoms with Gasteiger partial charge in [0.05, 0.1) is 26.4 Å². The molecule has 0 aliphatic heterocycles. The summed E-state index contributed by atoms with van der Waals surface area (Å²) in [7, 11) is -9.81. The summed E-state index contributed by atoms with van der Waals surface area (Å²) in [6, 6.07) is 0. The van der Waals surface area contributed by atoms with Gasteiger partial charge in [-0.3, -0.25) is 32.5 Å². The maximum atomic E-state index is 13.0. The molecule has 0 heterocycles. The third kappa shape index (κ3) is 73.9. The minimum absolute atomic E-state index is 0.0837. The fraction of sp³-hybridized carbons (Fsp3) is 0.617. The Labute approximate surface area is 599 Å². The van der Waals surface area contributed by atoms with Gasteiger partial charge in [0.1, 0.15) is 25.4 Å². The molecule has 562 valence electrons. The van der Waals surface area contributed by atoms with Crippen LogP contribution in [0.15, 0.2) is 170 Å². The van der Waals surface area contributed by atoms with Gasteiger partial charge < -0.3 is 34.2 Å². The zero-order valence-corrected chi connectivity index (χ0v) is 62.9. The van der Waals surface area contributed by atoms with Crippen LogP contribution in [0.25, 0.3) is 0 Å². The number of aliphatic hydroxyl groups excluding tert-OH is 2. The van der Waals surface area contributed by atoms with E-state index in [1.54, 1.807) is 0 Å². The smallest absolute Gasteiger partial charge is 0.463 e. The molecular formula is C81H132O16P2. The topological polar surface area (TPSA) is 231 Å². The Morgan fingerprint density at radius 1 is 0.283 bits per heavy atom. The van der Waals surface area contributed by atoms with E-state index < -0.39 is 91.5 Å². The maximum absolute atomic E-state index is 13.0. The number of carbonyl (C=O) groups excluding carboxylic acids is 3. The second-order valence-corrected chi connectivity index (χ2v) is 27.2. The number of hydrogen-bond acceptors (Lipinski definition) is 14. The molecule has 0 aliphatic rings. The molecule has 0 radical (unpaired) electrons. The lowest BCUT2D eigenvalue weighted by molar-refractivity contribution is -0.161. The quantitative estimate of drug-likeness (QED) is 0.0146. The van der Waals surface area contributed by atoms with Gasteiger partial charge in [-0.15, -0.1) is 0 Å². The van der Waals surface area contributed by atoms with Crippen LogP contribution in [0.4, 0.5) is 0 Å². The number of hydrogen-bond donors (Lipinski definition) is 4.